The monoisotopic (exact) mass is 393 g/mol. The van der Waals surface area contributed by atoms with Crippen molar-refractivity contribution in [1.29, 1.82) is 0 Å². The molecule has 0 unspecified atom stereocenters. The van der Waals surface area contributed by atoms with E-state index >= 15 is 0 Å². The number of nitrogens with one attached hydrogen (secondary N) is 1. The van der Waals surface area contributed by atoms with E-state index in [4.69, 9.17) is 17.3 Å². The Morgan fingerprint density at radius 3 is 2.46 bits per heavy atom. The van der Waals surface area contributed by atoms with E-state index in [0.717, 1.165) is 18.7 Å². The van der Waals surface area contributed by atoms with Crippen LogP contribution in [0.3, 0.4) is 0 Å². The maximum atomic E-state index is 12.3. The molecule has 2 aromatic rings. The first-order valence-corrected chi connectivity index (χ1v) is 9.02. The summed E-state index contributed by atoms with van der Waals surface area (Å²) in [4.78, 5) is 14.5. The number of hydrogen-bond acceptors (Lipinski definition) is 3. The molecule has 0 saturated carbocycles. The molecule has 0 bridgehead atoms. The summed E-state index contributed by atoms with van der Waals surface area (Å²) in [6.07, 6.45) is 0. The molecule has 1 aliphatic rings. The molecule has 1 saturated heterocycles. The van der Waals surface area contributed by atoms with E-state index in [-0.39, 0.29) is 18.3 Å². The molecule has 1 heterocycles. The lowest BCUT2D eigenvalue weighted by Crippen LogP contribution is -2.36. The van der Waals surface area contributed by atoms with Crippen molar-refractivity contribution < 1.29 is 4.79 Å². The summed E-state index contributed by atoms with van der Waals surface area (Å²) in [7, 11) is 0. The highest BCUT2D eigenvalue weighted by atomic mass is 35.5. The van der Waals surface area contributed by atoms with Crippen molar-refractivity contribution in [3.05, 3.63) is 70.7 Å². The third-order valence-electron chi connectivity index (χ3n) is 4.82. The summed E-state index contributed by atoms with van der Waals surface area (Å²) in [5, 5.41) is 3.68. The van der Waals surface area contributed by atoms with E-state index < -0.39 is 0 Å². The van der Waals surface area contributed by atoms with Gasteiger partial charge in [0.2, 0.25) is 5.91 Å². The number of halogens is 2. The Bertz CT molecular complexity index is 694. The van der Waals surface area contributed by atoms with Crippen LogP contribution in [-0.2, 0) is 11.3 Å². The average Bonchev–Trinajstić information content (AvgIpc) is 3.05. The van der Waals surface area contributed by atoms with E-state index in [1.54, 1.807) is 0 Å². The number of rotatable bonds is 6. The van der Waals surface area contributed by atoms with Gasteiger partial charge in [0.15, 0.2) is 0 Å². The summed E-state index contributed by atoms with van der Waals surface area (Å²) in [6, 6.07) is 18.0. The molecular formula is C20H25Cl2N3O. The molecule has 0 aliphatic carbocycles. The van der Waals surface area contributed by atoms with E-state index in [1.807, 2.05) is 30.3 Å². The zero-order valence-corrected chi connectivity index (χ0v) is 16.2. The topological polar surface area (TPSA) is 58.4 Å². The fraction of sp³-hybridized carbons (Fsp3) is 0.350. The number of amides is 1. The fourth-order valence-corrected chi connectivity index (χ4v) is 3.59. The molecule has 1 fully saturated rings. The Hall–Kier alpha value is -1.59. The number of nitrogens with two attached hydrogens (primary N) is 1. The Labute approximate surface area is 166 Å². The van der Waals surface area contributed by atoms with Crippen LogP contribution in [0.4, 0.5) is 0 Å². The van der Waals surface area contributed by atoms with Crippen molar-refractivity contribution in [1.82, 2.24) is 10.2 Å². The van der Waals surface area contributed by atoms with Gasteiger partial charge in [-0.25, -0.2) is 0 Å². The first kappa shape index (κ1) is 20.7. The average molecular weight is 394 g/mol. The maximum absolute atomic E-state index is 12.3. The second-order valence-corrected chi connectivity index (χ2v) is 7.05. The highest BCUT2D eigenvalue weighted by Gasteiger charge is 2.33. The van der Waals surface area contributed by atoms with Crippen molar-refractivity contribution in [2.45, 2.75) is 12.5 Å². The fourth-order valence-electron chi connectivity index (χ4n) is 3.47. The zero-order valence-electron chi connectivity index (χ0n) is 14.6. The lowest BCUT2D eigenvalue weighted by molar-refractivity contribution is -0.122. The molecule has 6 heteroatoms. The Kier molecular flexibility index (Phi) is 7.91. The second kappa shape index (κ2) is 9.93. The quantitative estimate of drug-likeness (QED) is 0.792. The second-order valence-electron chi connectivity index (χ2n) is 6.61. The summed E-state index contributed by atoms with van der Waals surface area (Å²) in [5.74, 6) is 0.834. The van der Waals surface area contributed by atoms with Crippen molar-refractivity contribution in [3.63, 3.8) is 0 Å². The van der Waals surface area contributed by atoms with Gasteiger partial charge in [-0.1, -0.05) is 54.1 Å². The Morgan fingerprint density at radius 2 is 1.81 bits per heavy atom. The van der Waals surface area contributed by atoms with Gasteiger partial charge in [-0.05, 0) is 35.7 Å². The molecule has 2 atom stereocenters. The molecule has 4 nitrogen and oxygen atoms in total. The van der Waals surface area contributed by atoms with Gasteiger partial charge in [-0.2, -0.15) is 0 Å². The molecule has 1 amide bonds. The first-order valence-electron chi connectivity index (χ1n) is 8.64. The number of likely N-dealkylation sites (tertiary alicyclic amines) is 1. The summed E-state index contributed by atoms with van der Waals surface area (Å²) in [6.45, 7) is 3.31. The molecule has 0 spiro atoms. The summed E-state index contributed by atoms with van der Waals surface area (Å²) >= 11 is 5.88. The predicted octanol–water partition coefficient (Wildman–Crippen LogP) is 3.05. The van der Waals surface area contributed by atoms with Gasteiger partial charge in [-0.3, -0.25) is 9.69 Å². The van der Waals surface area contributed by atoms with Crippen LogP contribution in [0.15, 0.2) is 54.6 Å². The van der Waals surface area contributed by atoms with Crippen LogP contribution in [0.25, 0.3) is 0 Å². The van der Waals surface area contributed by atoms with Crippen molar-refractivity contribution >= 4 is 29.9 Å². The van der Waals surface area contributed by atoms with Gasteiger partial charge < -0.3 is 11.1 Å². The third kappa shape index (κ3) is 5.45. The van der Waals surface area contributed by atoms with Crippen LogP contribution < -0.4 is 11.1 Å². The molecule has 3 rings (SSSR count). The highest BCUT2D eigenvalue weighted by Crippen LogP contribution is 2.31. The number of carbonyl (C=O) groups excluding carboxylic acids is 1. The molecule has 26 heavy (non-hydrogen) atoms. The Balaban J connectivity index is 0.00000243. The minimum atomic E-state index is 0. The first-order chi connectivity index (χ1) is 12.2. The van der Waals surface area contributed by atoms with Crippen LogP contribution in [0, 0.1) is 5.92 Å². The Morgan fingerprint density at radius 1 is 1.12 bits per heavy atom. The summed E-state index contributed by atoms with van der Waals surface area (Å²) < 4.78 is 0. The van der Waals surface area contributed by atoms with E-state index in [9.17, 15) is 4.79 Å². The van der Waals surface area contributed by atoms with Crippen molar-refractivity contribution in [2.75, 3.05) is 26.2 Å². The van der Waals surface area contributed by atoms with Crippen LogP contribution >= 0.6 is 24.0 Å². The van der Waals surface area contributed by atoms with Gasteiger partial charge in [-0.15, -0.1) is 12.4 Å². The molecule has 3 N–H and O–H groups in total. The SMILES string of the molecule is Cl.NC[C@@H]1CN(CC(=O)NCc2ccc(Cl)cc2)C[C@H]1c1ccccc1. The van der Waals surface area contributed by atoms with Gasteiger partial charge in [0, 0.05) is 30.6 Å². The highest BCUT2D eigenvalue weighted by molar-refractivity contribution is 6.30. The molecular weight excluding hydrogens is 369 g/mol. The molecule has 0 aromatic heterocycles. The van der Waals surface area contributed by atoms with Gasteiger partial charge in [0.25, 0.3) is 0 Å². The minimum Gasteiger partial charge on any atom is -0.351 e. The molecule has 2 aromatic carbocycles. The number of hydrogen-bond donors (Lipinski definition) is 2. The van der Waals surface area contributed by atoms with E-state index in [0.29, 0.717) is 36.5 Å². The lowest BCUT2D eigenvalue weighted by Gasteiger charge is -2.16. The predicted molar refractivity (Wildman–Crippen MR) is 109 cm³/mol. The standard InChI is InChI=1S/C20H24ClN3O.ClH/c21-18-8-6-15(7-9-18)11-23-20(25)14-24-12-17(10-22)19(13-24)16-4-2-1-3-5-16;/h1-9,17,19H,10-14,22H2,(H,23,25);1H/t17-,19+;/m1./s1. The minimum absolute atomic E-state index is 0. The lowest BCUT2D eigenvalue weighted by atomic mass is 9.89. The summed E-state index contributed by atoms with van der Waals surface area (Å²) in [5.41, 5.74) is 8.31. The van der Waals surface area contributed by atoms with Crippen molar-refractivity contribution in [3.8, 4) is 0 Å². The number of nitrogens with zero attached hydrogens (tertiary/aromatic N) is 1. The number of carbonyl (C=O) groups is 1. The van der Waals surface area contributed by atoms with Crippen molar-refractivity contribution in [2.24, 2.45) is 11.7 Å². The molecule has 1 aliphatic heterocycles. The van der Waals surface area contributed by atoms with Gasteiger partial charge >= 0.3 is 0 Å². The molecule has 0 radical (unpaired) electrons. The normalized spacial score (nSPS) is 19.8. The smallest absolute Gasteiger partial charge is 0.234 e. The van der Waals surface area contributed by atoms with Gasteiger partial charge in [0.1, 0.15) is 0 Å². The van der Waals surface area contributed by atoms with Crippen LogP contribution in [-0.4, -0.2) is 37.0 Å². The van der Waals surface area contributed by atoms with Crippen LogP contribution in [0.2, 0.25) is 5.02 Å². The van der Waals surface area contributed by atoms with Crippen LogP contribution in [0.1, 0.15) is 17.0 Å². The largest absolute Gasteiger partial charge is 0.351 e. The van der Waals surface area contributed by atoms with E-state index in [2.05, 4.69) is 34.5 Å². The zero-order chi connectivity index (χ0) is 17.6. The van der Waals surface area contributed by atoms with Crippen LogP contribution in [0.5, 0.6) is 0 Å². The number of benzene rings is 2. The third-order valence-corrected chi connectivity index (χ3v) is 5.07. The van der Waals surface area contributed by atoms with E-state index in [1.165, 1.54) is 5.56 Å². The molecule has 140 valence electrons. The van der Waals surface area contributed by atoms with Gasteiger partial charge in [0.05, 0.1) is 6.54 Å². The maximum Gasteiger partial charge on any atom is 0.234 e.